The number of halogens is 3. The van der Waals surface area contributed by atoms with Crippen LogP contribution in [0.15, 0.2) is 0 Å². The molecule has 1 N–H and O–H groups in total. The van der Waals surface area contributed by atoms with Crippen molar-refractivity contribution in [3.8, 4) is 0 Å². The average Bonchev–Trinajstić information content (AvgIpc) is 2.68. The summed E-state index contributed by atoms with van der Waals surface area (Å²) in [5, 5.41) is 16.0. The van der Waals surface area contributed by atoms with Crippen LogP contribution in [0.4, 0.5) is 19.0 Å². The second kappa shape index (κ2) is 4.21. The van der Waals surface area contributed by atoms with E-state index in [0.717, 1.165) is 4.68 Å². The predicted molar refractivity (Wildman–Crippen MR) is 54.4 cm³/mol. The number of aliphatic carboxylic acids is 1. The van der Waals surface area contributed by atoms with E-state index in [0.29, 0.717) is 4.90 Å². The highest BCUT2D eigenvalue weighted by Crippen LogP contribution is 2.35. The topological polar surface area (TPSA) is 88.3 Å². The van der Waals surface area contributed by atoms with Gasteiger partial charge >= 0.3 is 18.1 Å². The first kappa shape index (κ1) is 13.3. The molecule has 0 aromatic carbocycles. The summed E-state index contributed by atoms with van der Waals surface area (Å²) in [6.07, 6.45) is -5.17. The first-order chi connectivity index (χ1) is 8.73. The van der Waals surface area contributed by atoms with E-state index < -0.39 is 24.0 Å². The molecule has 0 saturated heterocycles. The number of carboxylic acids is 1. The van der Waals surface area contributed by atoms with Crippen LogP contribution in [-0.4, -0.2) is 44.7 Å². The lowest BCUT2D eigenvalue weighted by atomic mass is 9.97. The third-order valence-corrected chi connectivity index (χ3v) is 2.84. The molecule has 7 nitrogen and oxygen atoms in total. The molecule has 2 heterocycles. The fourth-order valence-corrected chi connectivity index (χ4v) is 2.00. The lowest BCUT2D eigenvalue weighted by Crippen LogP contribution is -2.46. The molecule has 10 heteroatoms. The van der Waals surface area contributed by atoms with Crippen molar-refractivity contribution in [2.24, 2.45) is 7.05 Å². The van der Waals surface area contributed by atoms with E-state index >= 15 is 0 Å². The molecule has 1 unspecified atom stereocenters. The number of hydrogen-bond acceptors (Lipinski definition) is 4. The van der Waals surface area contributed by atoms with Gasteiger partial charge in [0, 0.05) is 13.6 Å². The van der Waals surface area contributed by atoms with E-state index in [4.69, 9.17) is 5.11 Å². The van der Waals surface area contributed by atoms with Crippen LogP contribution in [0.2, 0.25) is 0 Å². The minimum Gasteiger partial charge on any atom is -0.481 e. The van der Waals surface area contributed by atoms with Gasteiger partial charge in [-0.25, -0.2) is 4.68 Å². The van der Waals surface area contributed by atoms with E-state index in [1.54, 1.807) is 0 Å². The number of carbonyl (C=O) groups excluding carboxylic acids is 1. The van der Waals surface area contributed by atoms with Gasteiger partial charge < -0.3 is 5.11 Å². The van der Waals surface area contributed by atoms with Gasteiger partial charge in [0.1, 0.15) is 11.6 Å². The normalized spacial score (nSPS) is 19.2. The third kappa shape index (κ3) is 2.13. The van der Waals surface area contributed by atoms with Gasteiger partial charge in [-0.05, 0) is 6.42 Å². The van der Waals surface area contributed by atoms with E-state index in [1.165, 1.54) is 7.05 Å². The molecule has 0 fully saturated rings. The zero-order valence-electron chi connectivity index (χ0n) is 9.68. The number of fused-ring (bicyclic) bond motifs is 1. The van der Waals surface area contributed by atoms with Crippen molar-refractivity contribution < 1.29 is 27.9 Å². The van der Waals surface area contributed by atoms with Crippen molar-refractivity contribution in [2.45, 2.75) is 18.5 Å². The molecule has 0 spiro atoms. The summed E-state index contributed by atoms with van der Waals surface area (Å²) in [4.78, 5) is 22.8. The molecule has 0 saturated carbocycles. The number of hydrogen-bond donors (Lipinski definition) is 1. The van der Waals surface area contributed by atoms with Crippen molar-refractivity contribution in [2.75, 3.05) is 11.4 Å². The van der Waals surface area contributed by atoms with Crippen molar-refractivity contribution in [1.29, 1.82) is 0 Å². The number of carbonyl (C=O) groups is 2. The average molecular weight is 278 g/mol. The Kier molecular flexibility index (Phi) is 2.95. The second-order valence-electron chi connectivity index (χ2n) is 4.06. The first-order valence-corrected chi connectivity index (χ1v) is 5.24. The number of rotatable bonds is 1. The molecule has 1 amide bonds. The van der Waals surface area contributed by atoms with Crippen LogP contribution in [0.1, 0.15) is 18.0 Å². The Balaban J connectivity index is 2.46. The van der Waals surface area contributed by atoms with Gasteiger partial charge in [-0.3, -0.25) is 14.5 Å². The Morgan fingerprint density at radius 2 is 2.05 bits per heavy atom. The summed E-state index contributed by atoms with van der Waals surface area (Å²) < 4.78 is 38.4. The molecule has 2 rings (SSSR count). The van der Waals surface area contributed by atoms with E-state index in [-0.39, 0.29) is 24.5 Å². The molecule has 19 heavy (non-hydrogen) atoms. The van der Waals surface area contributed by atoms with Crippen LogP contribution in [0.25, 0.3) is 0 Å². The Morgan fingerprint density at radius 3 is 2.58 bits per heavy atom. The number of carboxylic acid groups (broad SMARTS) is 1. The monoisotopic (exact) mass is 278 g/mol. The maximum absolute atomic E-state index is 12.5. The third-order valence-electron chi connectivity index (χ3n) is 2.84. The van der Waals surface area contributed by atoms with E-state index in [1.807, 2.05) is 0 Å². The molecule has 0 aliphatic carbocycles. The lowest BCUT2D eigenvalue weighted by Gasteiger charge is -2.29. The van der Waals surface area contributed by atoms with Gasteiger partial charge in [0.05, 0.1) is 0 Å². The minimum atomic E-state index is -5.03. The SMILES string of the molecule is Cn1nnc2c1N(C(=O)C(F)(F)F)CCC2C(=O)O. The number of nitrogens with zero attached hydrogens (tertiary/aromatic N) is 4. The van der Waals surface area contributed by atoms with Gasteiger partial charge in [0.15, 0.2) is 5.82 Å². The van der Waals surface area contributed by atoms with Crippen LogP contribution >= 0.6 is 0 Å². The van der Waals surface area contributed by atoms with Crippen LogP contribution in [0, 0.1) is 0 Å². The van der Waals surface area contributed by atoms with Gasteiger partial charge in [0.2, 0.25) is 0 Å². The molecule has 0 bridgehead atoms. The number of aryl methyl sites for hydroxylation is 1. The highest BCUT2D eigenvalue weighted by atomic mass is 19.4. The quantitative estimate of drug-likeness (QED) is 0.797. The summed E-state index contributed by atoms with van der Waals surface area (Å²) in [5.41, 5.74) is -0.126. The summed E-state index contributed by atoms with van der Waals surface area (Å²) in [5.74, 6) is -4.54. The fraction of sp³-hybridized carbons (Fsp3) is 0.556. The number of alkyl halides is 3. The van der Waals surface area contributed by atoms with Gasteiger partial charge in [-0.1, -0.05) is 5.21 Å². The zero-order valence-corrected chi connectivity index (χ0v) is 9.68. The Bertz CT molecular complexity index is 539. The molecule has 1 aromatic heterocycles. The molecule has 0 radical (unpaired) electrons. The summed E-state index contributed by atoms with van der Waals surface area (Å²) >= 11 is 0. The number of amides is 1. The Morgan fingerprint density at radius 1 is 1.42 bits per heavy atom. The van der Waals surface area contributed by atoms with Crippen molar-refractivity contribution in [3.63, 3.8) is 0 Å². The van der Waals surface area contributed by atoms with E-state index in [2.05, 4.69) is 10.3 Å². The first-order valence-electron chi connectivity index (χ1n) is 5.24. The molecular formula is C9H9F3N4O3. The summed E-state index contributed by atoms with van der Waals surface area (Å²) in [7, 11) is 1.30. The van der Waals surface area contributed by atoms with Crippen molar-refractivity contribution in [1.82, 2.24) is 15.0 Å². The molecule has 1 aliphatic heterocycles. The molecule has 1 aliphatic rings. The fourth-order valence-electron chi connectivity index (χ4n) is 2.00. The zero-order chi connectivity index (χ0) is 14.4. The van der Waals surface area contributed by atoms with Gasteiger partial charge in [-0.2, -0.15) is 13.2 Å². The molecule has 104 valence electrons. The summed E-state index contributed by atoms with van der Waals surface area (Å²) in [6.45, 7) is -0.344. The number of aromatic nitrogens is 3. The maximum Gasteiger partial charge on any atom is 0.471 e. The molecule has 1 atom stereocenters. The minimum absolute atomic E-state index is 0.126. The van der Waals surface area contributed by atoms with Crippen LogP contribution < -0.4 is 4.90 Å². The lowest BCUT2D eigenvalue weighted by molar-refractivity contribution is -0.170. The van der Waals surface area contributed by atoms with Crippen LogP contribution in [-0.2, 0) is 16.6 Å². The molecule has 1 aromatic rings. The largest absolute Gasteiger partial charge is 0.481 e. The predicted octanol–water partition coefficient (Wildman–Crippen LogP) is 0.282. The van der Waals surface area contributed by atoms with Crippen molar-refractivity contribution >= 4 is 17.7 Å². The maximum atomic E-state index is 12.5. The summed E-state index contributed by atoms with van der Waals surface area (Å²) in [6, 6.07) is 0. The van der Waals surface area contributed by atoms with E-state index in [9.17, 15) is 22.8 Å². The smallest absolute Gasteiger partial charge is 0.471 e. The number of anilines is 1. The van der Waals surface area contributed by atoms with Gasteiger partial charge in [0.25, 0.3) is 0 Å². The van der Waals surface area contributed by atoms with Crippen molar-refractivity contribution in [3.05, 3.63) is 5.69 Å². The second-order valence-corrected chi connectivity index (χ2v) is 4.06. The Hall–Kier alpha value is -2.13. The highest BCUT2D eigenvalue weighted by Gasteiger charge is 2.47. The highest BCUT2D eigenvalue weighted by molar-refractivity contribution is 5.98. The van der Waals surface area contributed by atoms with Gasteiger partial charge in [-0.15, -0.1) is 5.10 Å². The standard InChI is InChI=1S/C9H9F3N4O3/c1-15-6-5(13-14-15)4(7(17)18)2-3-16(6)8(19)9(10,11)12/h4H,2-3H2,1H3,(H,17,18). The Labute approximate surface area is 104 Å². The molecular weight excluding hydrogens is 269 g/mol. The van der Waals surface area contributed by atoms with Crippen LogP contribution in [0.5, 0.6) is 0 Å². The van der Waals surface area contributed by atoms with Crippen LogP contribution in [0.3, 0.4) is 0 Å².